The Balaban J connectivity index is 1.47. The summed E-state index contributed by atoms with van der Waals surface area (Å²) >= 11 is 0. The SMILES string of the molecule is COc1ccccc1OCC(=O)N=Cc1ccc(C=NC(=O)COc2ccccc2OC)cc1. The van der Waals surface area contributed by atoms with Gasteiger partial charge in [0.25, 0.3) is 11.8 Å². The molecule has 8 nitrogen and oxygen atoms in total. The summed E-state index contributed by atoms with van der Waals surface area (Å²) in [6.45, 7) is -0.415. The smallest absolute Gasteiger partial charge is 0.283 e. The van der Waals surface area contributed by atoms with Crippen molar-refractivity contribution in [1.82, 2.24) is 0 Å². The molecule has 0 saturated carbocycles. The third-order valence-corrected chi connectivity index (χ3v) is 4.49. The molecule has 174 valence electrons. The van der Waals surface area contributed by atoms with Crippen LogP contribution in [0.25, 0.3) is 0 Å². The second kappa shape index (κ2) is 12.5. The number of carbonyl (C=O) groups excluding carboxylic acids is 2. The summed E-state index contributed by atoms with van der Waals surface area (Å²) in [5.41, 5.74) is 1.43. The Morgan fingerprint density at radius 3 is 1.32 bits per heavy atom. The molecule has 3 aromatic carbocycles. The molecule has 0 aliphatic rings. The van der Waals surface area contributed by atoms with Crippen LogP contribution >= 0.6 is 0 Å². The van der Waals surface area contributed by atoms with E-state index in [1.807, 2.05) is 12.1 Å². The van der Waals surface area contributed by atoms with E-state index in [-0.39, 0.29) is 13.2 Å². The van der Waals surface area contributed by atoms with Crippen molar-refractivity contribution in [3.63, 3.8) is 0 Å². The summed E-state index contributed by atoms with van der Waals surface area (Å²) in [7, 11) is 3.06. The van der Waals surface area contributed by atoms with E-state index < -0.39 is 11.8 Å². The molecule has 0 aliphatic carbocycles. The molecule has 0 N–H and O–H groups in total. The minimum Gasteiger partial charge on any atom is -0.493 e. The third-order valence-electron chi connectivity index (χ3n) is 4.49. The zero-order valence-corrected chi connectivity index (χ0v) is 18.8. The van der Waals surface area contributed by atoms with Crippen molar-refractivity contribution >= 4 is 24.2 Å². The van der Waals surface area contributed by atoms with Crippen LogP contribution in [0.5, 0.6) is 23.0 Å². The van der Waals surface area contributed by atoms with E-state index in [1.54, 1.807) is 60.7 Å². The van der Waals surface area contributed by atoms with Crippen LogP contribution in [0.1, 0.15) is 11.1 Å². The van der Waals surface area contributed by atoms with Crippen LogP contribution in [0.2, 0.25) is 0 Å². The first-order chi connectivity index (χ1) is 16.6. The van der Waals surface area contributed by atoms with Gasteiger partial charge >= 0.3 is 0 Å². The molecular formula is C26H24N2O6. The number of amides is 2. The van der Waals surface area contributed by atoms with Gasteiger partial charge in [0.2, 0.25) is 0 Å². The molecule has 0 radical (unpaired) electrons. The maximum atomic E-state index is 12.0. The molecule has 0 fully saturated rings. The second-order valence-corrected chi connectivity index (χ2v) is 6.85. The maximum Gasteiger partial charge on any atom is 0.283 e. The van der Waals surface area contributed by atoms with Crippen molar-refractivity contribution < 1.29 is 28.5 Å². The first-order valence-corrected chi connectivity index (χ1v) is 10.3. The molecule has 2 amide bonds. The normalized spacial score (nSPS) is 10.9. The molecule has 0 aromatic heterocycles. The first-order valence-electron chi connectivity index (χ1n) is 10.3. The van der Waals surface area contributed by atoms with Gasteiger partial charge in [-0.05, 0) is 35.4 Å². The Morgan fingerprint density at radius 2 is 0.971 bits per heavy atom. The fraction of sp³-hybridized carbons (Fsp3) is 0.154. The Bertz CT molecular complexity index is 1080. The monoisotopic (exact) mass is 460 g/mol. The third kappa shape index (κ3) is 7.30. The van der Waals surface area contributed by atoms with E-state index in [4.69, 9.17) is 18.9 Å². The van der Waals surface area contributed by atoms with Gasteiger partial charge in [0.1, 0.15) is 0 Å². The van der Waals surface area contributed by atoms with Gasteiger partial charge in [0, 0.05) is 12.4 Å². The fourth-order valence-corrected chi connectivity index (χ4v) is 2.79. The lowest BCUT2D eigenvalue weighted by Crippen LogP contribution is -2.09. The first kappa shape index (κ1) is 24.2. The van der Waals surface area contributed by atoms with E-state index in [9.17, 15) is 9.59 Å². The minimum absolute atomic E-state index is 0.208. The maximum absolute atomic E-state index is 12.0. The van der Waals surface area contributed by atoms with Gasteiger partial charge in [-0.15, -0.1) is 0 Å². The summed E-state index contributed by atoms with van der Waals surface area (Å²) < 4.78 is 21.3. The average molecular weight is 460 g/mol. The van der Waals surface area contributed by atoms with Gasteiger partial charge in [0.15, 0.2) is 36.2 Å². The van der Waals surface area contributed by atoms with E-state index in [0.29, 0.717) is 34.1 Å². The molecule has 8 heteroatoms. The predicted molar refractivity (Wildman–Crippen MR) is 129 cm³/mol. The number of para-hydroxylation sites is 4. The number of ether oxygens (including phenoxy) is 4. The van der Waals surface area contributed by atoms with E-state index in [0.717, 1.165) is 0 Å². The summed E-state index contributed by atoms with van der Waals surface area (Å²) in [6.07, 6.45) is 2.89. The van der Waals surface area contributed by atoms with Gasteiger partial charge in [-0.1, -0.05) is 48.5 Å². The van der Waals surface area contributed by atoms with Crippen molar-refractivity contribution in [3.05, 3.63) is 83.9 Å². The highest BCUT2D eigenvalue weighted by Gasteiger charge is 2.07. The number of hydrogen-bond acceptors (Lipinski definition) is 6. The van der Waals surface area contributed by atoms with Crippen molar-refractivity contribution in [2.75, 3.05) is 27.4 Å². The van der Waals surface area contributed by atoms with E-state index in [2.05, 4.69) is 9.98 Å². The van der Waals surface area contributed by atoms with Gasteiger partial charge in [-0.2, -0.15) is 0 Å². The van der Waals surface area contributed by atoms with Crippen LogP contribution in [0.15, 0.2) is 82.8 Å². The zero-order chi connectivity index (χ0) is 24.2. The number of methoxy groups -OCH3 is 2. The highest BCUT2D eigenvalue weighted by atomic mass is 16.5. The Kier molecular flexibility index (Phi) is 8.92. The van der Waals surface area contributed by atoms with Crippen molar-refractivity contribution in [3.8, 4) is 23.0 Å². The summed E-state index contributed by atoms with van der Waals surface area (Å²) in [5.74, 6) is 1.16. The van der Waals surface area contributed by atoms with Crippen molar-refractivity contribution in [2.45, 2.75) is 0 Å². The Labute approximate surface area is 197 Å². The molecule has 3 rings (SSSR count). The largest absolute Gasteiger partial charge is 0.493 e. The molecule has 3 aromatic rings. The Morgan fingerprint density at radius 1 is 0.618 bits per heavy atom. The molecule has 0 atom stereocenters. The Hall–Kier alpha value is -4.46. The summed E-state index contributed by atoms with van der Waals surface area (Å²) in [6, 6.07) is 21.2. The number of carbonyl (C=O) groups is 2. The van der Waals surface area contributed by atoms with Crippen LogP contribution < -0.4 is 18.9 Å². The highest BCUT2D eigenvalue weighted by molar-refractivity contribution is 5.95. The van der Waals surface area contributed by atoms with E-state index >= 15 is 0 Å². The van der Waals surface area contributed by atoms with Crippen LogP contribution in [-0.4, -0.2) is 51.7 Å². The zero-order valence-electron chi connectivity index (χ0n) is 18.8. The molecule has 0 heterocycles. The number of hydrogen-bond donors (Lipinski definition) is 0. The summed E-state index contributed by atoms with van der Waals surface area (Å²) in [5, 5.41) is 0. The standard InChI is InChI=1S/C26H24N2O6/c1-31-21-7-3-5-9-23(21)33-17-25(29)27-15-19-11-13-20(14-12-19)16-28-26(30)18-34-24-10-6-4-8-22(24)32-2/h3-16H,17-18H2,1-2H3. The lowest BCUT2D eigenvalue weighted by Gasteiger charge is -2.08. The fourth-order valence-electron chi connectivity index (χ4n) is 2.79. The number of nitrogens with zero attached hydrogens (tertiary/aromatic N) is 2. The van der Waals surface area contributed by atoms with Gasteiger partial charge in [-0.3, -0.25) is 9.59 Å². The molecule has 0 bridgehead atoms. The van der Waals surface area contributed by atoms with Crippen LogP contribution in [0.4, 0.5) is 0 Å². The van der Waals surface area contributed by atoms with Gasteiger partial charge in [0.05, 0.1) is 14.2 Å². The molecule has 34 heavy (non-hydrogen) atoms. The quantitative estimate of drug-likeness (QED) is 0.428. The lowest BCUT2D eigenvalue weighted by molar-refractivity contribution is -0.120. The van der Waals surface area contributed by atoms with E-state index in [1.165, 1.54) is 26.6 Å². The van der Waals surface area contributed by atoms with Gasteiger partial charge < -0.3 is 18.9 Å². The molecule has 0 spiro atoms. The van der Waals surface area contributed by atoms with Gasteiger partial charge in [-0.25, -0.2) is 9.98 Å². The topological polar surface area (TPSA) is 95.8 Å². The molecular weight excluding hydrogens is 436 g/mol. The number of benzene rings is 3. The average Bonchev–Trinajstić information content (AvgIpc) is 2.89. The van der Waals surface area contributed by atoms with Crippen LogP contribution in [-0.2, 0) is 9.59 Å². The second-order valence-electron chi connectivity index (χ2n) is 6.85. The molecule has 0 aliphatic heterocycles. The molecule has 0 unspecified atom stereocenters. The number of rotatable bonds is 10. The number of aliphatic imine (C=N–C) groups is 2. The predicted octanol–water partition coefficient (Wildman–Crippen LogP) is 3.75. The summed E-state index contributed by atoms with van der Waals surface area (Å²) in [4.78, 5) is 31.8. The lowest BCUT2D eigenvalue weighted by atomic mass is 10.1. The van der Waals surface area contributed by atoms with Crippen LogP contribution in [0, 0.1) is 0 Å². The van der Waals surface area contributed by atoms with Crippen molar-refractivity contribution in [1.29, 1.82) is 0 Å². The minimum atomic E-state index is -0.433. The molecule has 0 saturated heterocycles. The van der Waals surface area contributed by atoms with Crippen molar-refractivity contribution in [2.24, 2.45) is 9.98 Å². The van der Waals surface area contributed by atoms with Crippen LogP contribution in [0.3, 0.4) is 0 Å². The highest BCUT2D eigenvalue weighted by Crippen LogP contribution is 2.26.